The lowest BCUT2D eigenvalue weighted by molar-refractivity contribution is -0.152. The van der Waals surface area contributed by atoms with Crippen molar-refractivity contribution in [3.05, 3.63) is 11.6 Å². The number of unbranched alkanes of at least 4 members (excludes halogenated alkanes) is 5. The summed E-state index contributed by atoms with van der Waals surface area (Å²) < 4.78 is 6.11. The van der Waals surface area contributed by atoms with E-state index in [1.165, 1.54) is 116 Å². The number of hydrogen-bond donors (Lipinski definition) is 0. The van der Waals surface area contributed by atoms with Crippen molar-refractivity contribution in [2.45, 2.75) is 162 Å². The van der Waals surface area contributed by atoms with E-state index in [1.54, 1.807) is 5.57 Å². The number of fused-ring (bicyclic) bond motifs is 5. The third-order valence-electron chi connectivity index (χ3n) is 12.6. The quantitative estimate of drug-likeness (QED) is 0.166. The first-order valence-electron chi connectivity index (χ1n) is 16.8. The van der Waals surface area contributed by atoms with Gasteiger partial charge in [-0.25, -0.2) is 0 Å². The second kappa shape index (κ2) is 12.2. The molecule has 0 aromatic rings. The number of carbonyl (C=O) groups excluding carboxylic acids is 1. The fraction of sp³-hybridized carbons (Fsp3) is 0.914. The van der Waals surface area contributed by atoms with E-state index < -0.39 is 0 Å². The Hall–Kier alpha value is -0.790. The molecule has 0 saturated heterocycles. The highest BCUT2D eigenvalue weighted by Gasteiger charge is 2.58. The summed E-state index contributed by atoms with van der Waals surface area (Å²) in [5.74, 6) is 4.34. The average Bonchev–Trinajstić information content (AvgIpc) is 3.23. The minimum absolute atomic E-state index is 0.0885. The molecule has 0 aromatic heterocycles. The fourth-order valence-electron chi connectivity index (χ4n) is 10.3. The van der Waals surface area contributed by atoms with Crippen molar-refractivity contribution >= 4 is 5.97 Å². The van der Waals surface area contributed by atoms with Gasteiger partial charge in [-0.05, 0) is 105 Å². The van der Waals surface area contributed by atoms with Crippen LogP contribution in [0, 0.1) is 40.4 Å². The van der Waals surface area contributed by atoms with Gasteiger partial charge in [0.05, 0.1) is 0 Å². The molecule has 2 nitrogen and oxygen atoms in total. The van der Waals surface area contributed by atoms with Crippen LogP contribution in [0.4, 0.5) is 0 Å². The monoisotopic (exact) mass is 510 g/mol. The molecule has 210 valence electrons. The van der Waals surface area contributed by atoms with E-state index >= 15 is 0 Å². The average molecular weight is 511 g/mol. The fourth-order valence-corrected chi connectivity index (χ4v) is 10.3. The topological polar surface area (TPSA) is 26.3 Å². The van der Waals surface area contributed by atoms with E-state index in [9.17, 15) is 4.79 Å². The van der Waals surface area contributed by atoms with Crippen molar-refractivity contribution in [2.24, 2.45) is 40.4 Å². The number of hydrogen-bond acceptors (Lipinski definition) is 2. The first kappa shape index (κ1) is 27.8. The van der Waals surface area contributed by atoms with Gasteiger partial charge in [0.1, 0.15) is 6.10 Å². The van der Waals surface area contributed by atoms with Gasteiger partial charge in [0, 0.05) is 12.8 Å². The minimum atomic E-state index is 0.0885. The summed E-state index contributed by atoms with van der Waals surface area (Å²) in [6, 6.07) is 0. The maximum atomic E-state index is 12.7. The molecule has 0 spiro atoms. The lowest BCUT2D eigenvalue weighted by Crippen LogP contribution is -2.50. The van der Waals surface area contributed by atoms with E-state index in [0.29, 0.717) is 23.2 Å². The van der Waals surface area contributed by atoms with Crippen molar-refractivity contribution in [3.8, 4) is 0 Å². The standard InChI is InChI=1S/C35H58O2/c1-4-5-6-7-8-12-15-27-17-19-31-30-18-16-28-25-29(37-33(36)24-26-13-10-9-11-14-26)20-22-35(28,3)32(30)21-23-34(27,31)2/h16,26-27,29-32H,4-15,17-25H2,1-3H3/t27-,29+,30-,31+,32-,34-,35+/m1/s1. The molecule has 0 N–H and O–H groups in total. The molecule has 5 rings (SSSR count). The lowest BCUT2D eigenvalue weighted by Gasteiger charge is -2.58. The Morgan fingerprint density at radius 2 is 1.68 bits per heavy atom. The molecule has 2 heteroatoms. The molecule has 0 aliphatic heterocycles. The third-order valence-corrected chi connectivity index (χ3v) is 12.6. The zero-order valence-electron chi connectivity index (χ0n) is 24.7. The largest absolute Gasteiger partial charge is 0.462 e. The number of carbonyl (C=O) groups is 1. The van der Waals surface area contributed by atoms with E-state index in [2.05, 4.69) is 26.8 Å². The molecule has 4 fully saturated rings. The molecule has 0 unspecified atom stereocenters. The van der Waals surface area contributed by atoms with Gasteiger partial charge in [0.15, 0.2) is 0 Å². The summed E-state index contributed by atoms with van der Waals surface area (Å²) in [6.07, 6.45) is 30.4. The van der Waals surface area contributed by atoms with E-state index in [0.717, 1.165) is 36.5 Å². The van der Waals surface area contributed by atoms with Crippen molar-refractivity contribution in [1.82, 2.24) is 0 Å². The number of ether oxygens (including phenoxy) is 1. The van der Waals surface area contributed by atoms with Crippen molar-refractivity contribution in [2.75, 3.05) is 0 Å². The van der Waals surface area contributed by atoms with Gasteiger partial charge in [-0.2, -0.15) is 0 Å². The molecular weight excluding hydrogens is 452 g/mol. The number of allylic oxidation sites excluding steroid dienone is 1. The highest BCUT2D eigenvalue weighted by Crippen LogP contribution is 2.66. The predicted molar refractivity (Wildman–Crippen MR) is 154 cm³/mol. The van der Waals surface area contributed by atoms with Crippen molar-refractivity contribution in [1.29, 1.82) is 0 Å². The van der Waals surface area contributed by atoms with Gasteiger partial charge in [0.25, 0.3) is 0 Å². The van der Waals surface area contributed by atoms with Crippen LogP contribution >= 0.6 is 0 Å². The highest BCUT2D eigenvalue weighted by molar-refractivity contribution is 5.70. The van der Waals surface area contributed by atoms with Crippen LogP contribution in [0.1, 0.15) is 156 Å². The second-order valence-corrected chi connectivity index (χ2v) is 14.7. The van der Waals surface area contributed by atoms with Crippen LogP contribution in [-0.2, 0) is 9.53 Å². The molecule has 37 heavy (non-hydrogen) atoms. The van der Waals surface area contributed by atoms with Crippen LogP contribution in [0.2, 0.25) is 0 Å². The predicted octanol–water partition coefficient (Wildman–Crippen LogP) is 10.2. The second-order valence-electron chi connectivity index (χ2n) is 14.7. The number of rotatable bonds is 10. The maximum absolute atomic E-state index is 12.7. The summed E-state index contributed by atoms with van der Waals surface area (Å²) in [5, 5.41) is 0. The molecule has 4 saturated carbocycles. The zero-order valence-corrected chi connectivity index (χ0v) is 24.7. The van der Waals surface area contributed by atoms with E-state index in [4.69, 9.17) is 4.74 Å². The molecule has 5 aliphatic rings. The molecule has 7 atom stereocenters. The van der Waals surface area contributed by atoms with Gasteiger partial charge in [-0.3, -0.25) is 4.79 Å². The molecule has 5 aliphatic carbocycles. The van der Waals surface area contributed by atoms with Gasteiger partial charge in [-0.15, -0.1) is 0 Å². The Morgan fingerprint density at radius 1 is 0.892 bits per heavy atom. The highest BCUT2D eigenvalue weighted by atomic mass is 16.5. The maximum Gasteiger partial charge on any atom is 0.306 e. The summed E-state index contributed by atoms with van der Waals surface area (Å²) in [5.41, 5.74) is 2.60. The molecule has 0 radical (unpaired) electrons. The SMILES string of the molecule is CCCCCCCC[C@@H]1CC[C@H]2[C@H]3CC=C4C[C@@H](OC(=O)CC5CCCCC5)CC[C@]4(C)[C@@H]3CC[C@]12C. The minimum Gasteiger partial charge on any atom is -0.462 e. The van der Waals surface area contributed by atoms with Crippen molar-refractivity contribution < 1.29 is 9.53 Å². The summed E-state index contributed by atoms with van der Waals surface area (Å²) >= 11 is 0. The molecule has 0 amide bonds. The van der Waals surface area contributed by atoms with Crippen LogP contribution in [-0.4, -0.2) is 12.1 Å². The van der Waals surface area contributed by atoms with Crippen molar-refractivity contribution in [3.63, 3.8) is 0 Å². The smallest absolute Gasteiger partial charge is 0.306 e. The van der Waals surface area contributed by atoms with Crippen LogP contribution in [0.25, 0.3) is 0 Å². The molecule has 0 bridgehead atoms. The van der Waals surface area contributed by atoms with Gasteiger partial charge in [0.2, 0.25) is 0 Å². The van der Waals surface area contributed by atoms with E-state index in [1.807, 2.05) is 0 Å². The van der Waals surface area contributed by atoms with Crippen LogP contribution < -0.4 is 0 Å². The molecule has 0 aromatic carbocycles. The summed E-state index contributed by atoms with van der Waals surface area (Å²) in [7, 11) is 0. The van der Waals surface area contributed by atoms with Gasteiger partial charge < -0.3 is 4.74 Å². The van der Waals surface area contributed by atoms with Gasteiger partial charge >= 0.3 is 5.97 Å². The first-order chi connectivity index (χ1) is 17.9. The zero-order chi connectivity index (χ0) is 25.9. The normalized spacial score (nSPS) is 39.9. The van der Waals surface area contributed by atoms with E-state index in [-0.39, 0.29) is 12.1 Å². The Bertz CT molecular complexity index is 793. The van der Waals surface area contributed by atoms with Crippen LogP contribution in [0.15, 0.2) is 11.6 Å². The first-order valence-corrected chi connectivity index (χ1v) is 16.8. The van der Waals surface area contributed by atoms with Gasteiger partial charge in [-0.1, -0.05) is 90.2 Å². The summed E-state index contributed by atoms with van der Waals surface area (Å²) in [6.45, 7) is 7.62. The Balaban J connectivity index is 1.16. The number of esters is 1. The Morgan fingerprint density at radius 3 is 2.49 bits per heavy atom. The Labute approximate surface area is 229 Å². The van der Waals surface area contributed by atoms with Crippen LogP contribution in [0.5, 0.6) is 0 Å². The molecular formula is C35H58O2. The third kappa shape index (κ3) is 5.89. The Kier molecular flexibility index (Phi) is 9.13. The lowest BCUT2D eigenvalue weighted by atomic mass is 9.47. The summed E-state index contributed by atoms with van der Waals surface area (Å²) in [4.78, 5) is 12.7. The van der Waals surface area contributed by atoms with Crippen LogP contribution in [0.3, 0.4) is 0 Å². The molecule has 0 heterocycles.